The molecular weight excluding hydrogens is 453 g/mol. The van der Waals surface area contributed by atoms with Gasteiger partial charge in [-0.3, -0.25) is 9.20 Å². The third-order valence-corrected chi connectivity index (χ3v) is 6.93. The minimum atomic E-state index is -0.274. The number of thiazole rings is 1. The second kappa shape index (κ2) is 8.14. The van der Waals surface area contributed by atoms with E-state index in [4.69, 9.17) is 9.47 Å². The molecule has 0 radical (unpaired) electrons. The van der Waals surface area contributed by atoms with Gasteiger partial charge in [0, 0.05) is 17.3 Å². The quantitative estimate of drug-likeness (QED) is 0.368. The standard InChI is InChI=1S/C26H20FN3O3S/c1-15(17-5-9-22-23(12-17)33-11-10-32-22)28-25(31)18-4-8-21-24(13-18)34-26-29-20(14-30(21)26)16-2-6-19(27)7-3-16/h2-9,12-15H,10-11H2,1H3,(H,28,31)/t15-/m1/s1. The molecule has 3 heterocycles. The monoisotopic (exact) mass is 473 g/mol. The summed E-state index contributed by atoms with van der Waals surface area (Å²) in [5.41, 5.74) is 4.14. The van der Waals surface area contributed by atoms with Crippen LogP contribution in [0.5, 0.6) is 11.5 Å². The van der Waals surface area contributed by atoms with Crippen molar-refractivity contribution in [2.24, 2.45) is 0 Å². The van der Waals surface area contributed by atoms with Gasteiger partial charge in [-0.25, -0.2) is 9.37 Å². The van der Waals surface area contributed by atoms with Crippen LogP contribution in [0.1, 0.15) is 28.9 Å². The average molecular weight is 474 g/mol. The molecule has 0 bridgehead atoms. The fraction of sp³-hybridized carbons (Fsp3) is 0.154. The van der Waals surface area contributed by atoms with Gasteiger partial charge in [-0.15, -0.1) is 0 Å². The fourth-order valence-electron chi connectivity index (χ4n) is 4.09. The fourth-order valence-corrected chi connectivity index (χ4v) is 5.14. The van der Waals surface area contributed by atoms with Gasteiger partial charge in [-0.2, -0.15) is 0 Å². The lowest BCUT2D eigenvalue weighted by Crippen LogP contribution is -2.26. The van der Waals surface area contributed by atoms with Crippen molar-refractivity contribution in [1.82, 2.24) is 14.7 Å². The van der Waals surface area contributed by atoms with Crippen LogP contribution in [0.4, 0.5) is 4.39 Å². The summed E-state index contributed by atoms with van der Waals surface area (Å²) >= 11 is 1.51. The highest BCUT2D eigenvalue weighted by Gasteiger charge is 2.18. The maximum atomic E-state index is 13.2. The summed E-state index contributed by atoms with van der Waals surface area (Å²) in [4.78, 5) is 18.5. The molecule has 170 valence electrons. The van der Waals surface area contributed by atoms with Crippen molar-refractivity contribution < 1.29 is 18.7 Å². The van der Waals surface area contributed by atoms with Crippen molar-refractivity contribution in [2.75, 3.05) is 13.2 Å². The van der Waals surface area contributed by atoms with Crippen LogP contribution in [0.15, 0.2) is 66.9 Å². The summed E-state index contributed by atoms with van der Waals surface area (Å²) in [6.45, 7) is 3.01. The molecule has 2 aromatic heterocycles. The number of carbonyl (C=O) groups excluding carboxylic acids is 1. The Hall–Kier alpha value is -3.91. The van der Waals surface area contributed by atoms with Crippen LogP contribution in [-0.4, -0.2) is 28.5 Å². The first-order chi connectivity index (χ1) is 16.5. The molecule has 0 saturated carbocycles. The third kappa shape index (κ3) is 3.66. The minimum absolute atomic E-state index is 0.151. The van der Waals surface area contributed by atoms with Crippen LogP contribution >= 0.6 is 11.3 Å². The van der Waals surface area contributed by atoms with Crippen molar-refractivity contribution in [3.05, 3.63) is 83.8 Å². The van der Waals surface area contributed by atoms with Crippen LogP contribution in [0.25, 0.3) is 26.4 Å². The Kier molecular flexibility index (Phi) is 4.95. The zero-order chi connectivity index (χ0) is 23.2. The zero-order valence-corrected chi connectivity index (χ0v) is 19.1. The van der Waals surface area contributed by atoms with Gasteiger partial charge in [0.2, 0.25) is 0 Å². The van der Waals surface area contributed by atoms with Gasteiger partial charge in [0.1, 0.15) is 19.0 Å². The summed E-state index contributed by atoms with van der Waals surface area (Å²) < 4.78 is 27.4. The Morgan fingerprint density at radius 1 is 1.06 bits per heavy atom. The lowest BCUT2D eigenvalue weighted by molar-refractivity contribution is 0.0940. The Labute approximate surface area is 198 Å². The van der Waals surface area contributed by atoms with E-state index < -0.39 is 0 Å². The SMILES string of the molecule is C[C@@H](NC(=O)c1ccc2c(c1)sc1nc(-c3ccc(F)cc3)cn12)c1ccc2c(c1)OCCO2. The van der Waals surface area contributed by atoms with Crippen molar-refractivity contribution in [3.63, 3.8) is 0 Å². The van der Waals surface area contributed by atoms with E-state index in [0.29, 0.717) is 24.5 Å². The zero-order valence-electron chi connectivity index (χ0n) is 18.2. The molecule has 5 aromatic rings. The molecule has 8 heteroatoms. The van der Waals surface area contributed by atoms with E-state index in [1.807, 2.05) is 53.9 Å². The predicted octanol–water partition coefficient (Wildman–Crippen LogP) is 5.62. The molecule has 6 rings (SSSR count). The smallest absolute Gasteiger partial charge is 0.251 e. The van der Waals surface area contributed by atoms with Gasteiger partial charge in [-0.05, 0) is 67.1 Å². The summed E-state index contributed by atoms with van der Waals surface area (Å²) in [5, 5.41) is 3.06. The number of nitrogens with one attached hydrogen (secondary N) is 1. The maximum Gasteiger partial charge on any atom is 0.251 e. The van der Waals surface area contributed by atoms with Crippen molar-refractivity contribution in [3.8, 4) is 22.8 Å². The van der Waals surface area contributed by atoms with Gasteiger partial charge in [0.25, 0.3) is 5.91 Å². The molecule has 1 amide bonds. The van der Waals surface area contributed by atoms with Crippen LogP contribution in [0, 0.1) is 5.82 Å². The highest BCUT2D eigenvalue weighted by atomic mass is 32.1. The van der Waals surface area contributed by atoms with Gasteiger partial charge in [0.15, 0.2) is 16.5 Å². The number of imidazole rings is 1. The highest BCUT2D eigenvalue weighted by Crippen LogP contribution is 2.33. The molecule has 1 aliphatic rings. The number of rotatable bonds is 4. The lowest BCUT2D eigenvalue weighted by Gasteiger charge is -2.21. The van der Waals surface area contributed by atoms with Crippen LogP contribution in [-0.2, 0) is 0 Å². The summed E-state index contributed by atoms with van der Waals surface area (Å²) in [7, 11) is 0. The molecule has 1 atom stereocenters. The number of hydrogen-bond acceptors (Lipinski definition) is 5. The molecule has 0 spiro atoms. The number of ether oxygens (including phenoxy) is 2. The molecule has 1 N–H and O–H groups in total. The number of fused-ring (bicyclic) bond motifs is 4. The molecule has 0 fully saturated rings. The Morgan fingerprint density at radius 3 is 2.68 bits per heavy atom. The normalized spacial score (nSPS) is 13.8. The number of benzene rings is 3. The number of nitrogens with zero attached hydrogens (tertiary/aromatic N) is 2. The maximum absolute atomic E-state index is 13.2. The van der Waals surface area contributed by atoms with Gasteiger partial charge in [0.05, 0.1) is 22.0 Å². The van der Waals surface area contributed by atoms with E-state index in [0.717, 1.165) is 37.7 Å². The predicted molar refractivity (Wildman–Crippen MR) is 129 cm³/mol. The number of carbonyl (C=O) groups is 1. The van der Waals surface area contributed by atoms with Gasteiger partial charge >= 0.3 is 0 Å². The Balaban J connectivity index is 1.24. The summed E-state index contributed by atoms with van der Waals surface area (Å²) in [6.07, 6.45) is 1.94. The second-order valence-electron chi connectivity index (χ2n) is 8.17. The van der Waals surface area contributed by atoms with Crippen LogP contribution in [0.3, 0.4) is 0 Å². The number of amides is 1. The average Bonchev–Trinajstić information content (AvgIpc) is 3.42. The topological polar surface area (TPSA) is 64.9 Å². The van der Waals surface area contributed by atoms with E-state index in [1.54, 1.807) is 12.1 Å². The van der Waals surface area contributed by atoms with E-state index in [1.165, 1.54) is 23.5 Å². The van der Waals surface area contributed by atoms with Gasteiger partial charge in [-0.1, -0.05) is 17.4 Å². The summed E-state index contributed by atoms with van der Waals surface area (Å²) in [5.74, 6) is 1.00. The van der Waals surface area contributed by atoms with E-state index >= 15 is 0 Å². The molecule has 0 aliphatic carbocycles. The second-order valence-corrected chi connectivity index (χ2v) is 9.18. The molecular formula is C26H20FN3O3S. The molecule has 3 aromatic carbocycles. The molecule has 6 nitrogen and oxygen atoms in total. The molecule has 0 saturated heterocycles. The third-order valence-electron chi connectivity index (χ3n) is 5.91. The van der Waals surface area contributed by atoms with E-state index in [2.05, 4.69) is 10.3 Å². The first-order valence-corrected chi connectivity index (χ1v) is 11.7. The largest absolute Gasteiger partial charge is 0.486 e. The van der Waals surface area contributed by atoms with Crippen molar-refractivity contribution in [1.29, 1.82) is 0 Å². The number of hydrogen-bond donors (Lipinski definition) is 1. The highest BCUT2D eigenvalue weighted by molar-refractivity contribution is 7.23. The van der Waals surface area contributed by atoms with Gasteiger partial charge < -0.3 is 14.8 Å². The van der Waals surface area contributed by atoms with Crippen molar-refractivity contribution in [2.45, 2.75) is 13.0 Å². The Bertz CT molecular complexity index is 1540. The molecule has 0 unspecified atom stereocenters. The lowest BCUT2D eigenvalue weighted by atomic mass is 10.1. The van der Waals surface area contributed by atoms with Crippen LogP contribution in [0.2, 0.25) is 0 Å². The molecule has 1 aliphatic heterocycles. The first-order valence-electron chi connectivity index (χ1n) is 10.9. The summed E-state index contributed by atoms with van der Waals surface area (Å²) in [6, 6.07) is 17.5. The van der Waals surface area contributed by atoms with Crippen molar-refractivity contribution >= 4 is 32.4 Å². The Morgan fingerprint density at radius 2 is 1.85 bits per heavy atom. The van der Waals surface area contributed by atoms with E-state index in [9.17, 15) is 9.18 Å². The molecule has 34 heavy (non-hydrogen) atoms. The van der Waals surface area contributed by atoms with E-state index in [-0.39, 0.29) is 17.8 Å². The van der Waals surface area contributed by atoms with Crippen LogP contribution < -0.4 is 14.8 Å². The number of aromatic nitrogens is 2. The number of halogens is 1. The minimum Gasteiger partial charge on any atom is -0.486 e. The first kappa shape index (κ1) is 20.7.